The third-order valence-corrected chi connectivity index (χ3v) is 6.56. The summed E-state index contributed by atoms with van der Waals surface area (Å²) in [6.45, 7) is 11.2. The fourth-order valence-electron chi connectivity index (χ4n) is 4.93. The number of carbonyl (C=O) groups is 2. The molecule has 2 atom stereocenters. The van der Waals surface area contributed by atoms with E-state index in [2.05, 4.69) is 20.8 Å². The van der Waals surface area contributed by atoms with Crippen LogP contribution in [0.5, 0.6) is 11.5 Å². The molecule has 0 saturated heterocycles. The van der Waals surface area contributed by atoms with Crippen LogP contribution >= 0.6 is 0 Å². The molecule has 1 aromatic rings. The molecular weight excluding hydrogens is 430 g/mol. The lowest BCUT2D eigenvalue weighted by molar-refractivity contribution is -0.146. The molecule has 0 amide bonds. The molecule has 34 heavy (non-hydrogen) atoms. The average Bonchev–Trinajstić information content (AvgIpc) is 2.78. The van der Waals surface area contributed by atoms with Crippen molar-refractivity contribution in [2.75, 3.05) is 20.3 Å². The number of nitrogens with zero attached hydrogens (tertiary/aromatic N) is 1. The Morgan fingerprint density at radius 2 is 1.85 bits per heavy atom. The Morgan fingerprint density at radius 1 is 1.09 bits per heavy atom. The second-order valence-corrected chi connectivity index (χ2v) is 10.1. The Bertz CT molecular complexity index is 975. The topological polar surface area (TPSA) is 74.2 Å². The van der Waals surface area contributed by atoms with E-state index >= 15 is 0 Å². The Labute approximate surface area is 203 Å². The molecule has 2 aliphatic rings. The first-order valence-electron chi connectivity index (χ1n) is 12.5. The van der Waals surface area contributed by atoms with Gasteiger partial charge in [0.1, 0.15) is 5.92 Å². The summed E-state index contributed by atoms with van der Waals surface area (Å²) in [6.07, 6.45) is 4.91. The lowest BCUT2D eigenvalue weighted by atomic mass is 9.67. The van der Waals surface area contributed by atoms with Crippen LogP contribution in [0.15, 0.2) is 34.5 Å². The predicted octanol–water partition coefficient (Wildman–Crippen LogP) is 6.03. The first-order chi connectivity index (χ1) is 16.2. The van der Waals surface area contributed by atoms with Crippen molar-refractivity contribution in [3.63, 3.8) is 0 Å². The molecule has 186 valence electrons. The molecule has 0 radical (unpaired) electrons. The van der Waals surface area contributed by atoms with Gasteiger partial charge in [0.2, 0.25) is 0 Å². The van der Waals surface area contributed by atoms with E-state index in [1.54, 1.807) is 7.11 Å². The molecule has 3 rings (SSSR count). The van der Waals surface area contributed by atoms with Crippen LogP contribution in [0.3, 0.4) is 0 Å². The highest BCUT2D eigenvalue weighted by molar-refractivity contribution is 6.09. The smallest absolute Gasteiger partial charge is 0.315 e. The van der Waals surface area contributed by atoms with Gasteiger partial charge in [-0.3, -0.25) is 14.6 Å². The summed E-state index contributed by atoms with van der Waals surface area (Å²) in [6, 6.07) is 5.70. The number of hydrogen-bond acceptors (Lipinski definition) is 6. The van der Waals surface area contributed by atoms with E-state index in [4.69, 9.17) is 19.2 Å². The van der Waals surface area contributed by atoms with Crippen molar-refractivity contribution >= 4 is 17.5 Å². The number of ether oxygens (including phenoxy) is 3. The highest BCUT2D eigenvalue weighted by Crippen LogP contribution is 2.48. The number of benzene rings is 1. The van der Waals surface area contributed by atoms with E-state index in [0.29, 0.717) is 48.8 Å². The summed E-state index contributed by atoms with van der Waals surface area (Å²) in [4.78, 5) is 31.6. The molecule has 0 saturated carbocycles. The third kappa shape index (κ3) is 5.70. The molecule has 0 N–H and O–H groups in total. The number of esters is 1. The molecule has 1 aliphatic heterocycles. The molecule has 1 aliphatic carbocycles. The van der Waals surface area contributed by atoms with Gasteiger partial charge in [0, 0.05) is 29.3 Å². The first-order valence-corrected chi connectivity index (χ1v) is 12.5. The summed E-state index contributed by atoms with van der Waals surface area (Å²) >= 11 is 0. The van der Waals surface area contributed by atoms with Crippen molar-refractivity contribution in [2.24, 2.45) is 16.3 Å². The van der Waals surface area contributed by atoms with Crippen LogP contribution in [-0.2, 0) is 14.3 Å². The maximum atomic E-state index is 13.4. The molecule has 6 heteroatoms. The van der Waals surface area contributed by atoms with Gasteiger partial charge in [-0.05, 0) is 49.3 Å². The molecule has 1 heterocycles. The molecule has 1 aromatic carbocycles. The minimum atomic E-state index is -0.641. The number of allylic oxidation sites excluding steroid dienone is 2. The number of Topliss-reactive ketones (excluding diaryl/α,β-unsaturated/α-hetero) is 1. The van der Waals surface area contributed by atoms with Gasteiger partial charge in [-0.1, -0.05) is 46.6 Å². The zero-order valence-electron chi connectivity index (χ0n) is 21.5. The molecular formula is C28H39NO5. The summed E-state index contributed by atoms with van der Waals surface area (Å²) in [5, 5.41) is 0. The van der Waals surface area contributed by atoms with Crippen molar-refractivity contribution in [1.29, 1.82) is 0 Å². The van der Waals surface area contributed by atoms with Gasteiger partial charge in [-0.2, -0.15) is 0 Å². The van der Waals surface area contributed by atoms with Crippen LogP contribution < -0.4 is 9.47 Å². The fraction of sp³-hybridized carbons (Fsp3) is 0.607. The second kappa shape index (κ2) is 11.2. The first kappa shape index (κ1) is 26.0. The quantitative estimate of drug-likeness (QED) is 0.309. The van der Waals surface area contributed by atoms with Gasteiger partial charge in [-0.15, -0.1) is 0 Å². The lowest BCUT2D eigenvalue weighted by Gasteiger charge is -2.39. The van der Waals surface area contributed by atoms with Gasteiger partial charge >= 0.3 is 5.97 Å². The van der Waals surface area contributed by atoms with Gasteiger partial charge in [0.05, 0.1) is 20.3 Å². The number of ketones is 1. The van der Waals surface area contributed by atoms with Gasteiger partial charge < -0.3 is 14.2 Å². The van der Waals surface area contributed by atoms with Crippen LogP contribution in [0.4, 0.5) is 0 Å². The second-order valence-electron chi connectivity index (χ2n) is 10.1. The zero-order chi connectivity index (χ0) is 24.9. The zero-order valence-corrected chi connectivity index (χ0v) is 21.5. The van der Waals surface area contributed by atoms with Gasteiger partial charge in [0.25, 0.3) is 0 Å². The van der Waals surface area contributed by atoms with Gasteiger partial charge in [0.15, 0.2) is 17.3 Å². The van der Waals surface area contributed by atoms with E-state index < -0.39 is 11.8 Å². The molecule has 0 fully saturated rings. The third-order valence-electron chi connectivity index (χ3n) is 6.56. The van der Waals surface area contributed by atoms with Crippen molar-refractivity contribution in [1.82, 2.24) is 0 Å². The summed E-state index contributed by atoms with van der Waals surface area (Å²) < 4.78 is 17.1. The predicted molar refractivity (Wildman–Crippen MR) is 134 cm³/mol. The SMILES string of the molecule is CCCCCOC(=O)C1C(C)=NC2=C(C(=O)CC(C)(C)C2)[C@@H]1c1ccc(OCCC)c(OC)c1. The monoisotopic (exact) mass is 469 g/mol. The van der Waals surface area contributed by atoms with Crippen LogP contribution in [0.2, 0.25) is 0 Å². The lowest BCUT2D eigenvalue weighted by Crippen LogP contribution is -2.39. The van der Waals surface area contributed by atoms with E-state index in [9.17, 15) is 9.59 Å². The highest BCUT2D eigenvalue weighted by Gasteiger charge is 2.46. The molecule has 0 bridgehead atoms. The number of methoxy groups -OCH3 is 1. The highest BCUT2D eigenvalue weighted by atomic mass is 16.5. The minimum Gasteiger partial charge on any atom is -0.493 e. The molecule has 6 nitrogen and oxygen atoms in total. The summed E-state index contributed by atoms with van der Waals surface area (Å²) in [7, 11) is 1.60. The number of hydrogen-bond donors (Lipinski definition) is 0. The summed E-state index contributed by atoms with van der Waals surface area (Å²) in [5.74, 6) is -0.120. The van der Waals surface area contributed by atoms with E-state index in [1.165, 1.54) is 0 Å². The van der Waals surface area contributed by atoms with Crippen molar-refractivity contribution in [3.05, 3.63) is 35.0 Å². The Hall–Kier alpha value is -2.63. The minimum absolute atomic E-state index is 0.0570. The Balaban J connectivity index is 2.05. The van der Waals surface area contributed by atoms with Crippen molar-refractivity contribution < 1.29 is 23.8 Å². The van der Waals surface area contributed by atoms with Crippen LogP contribution in [0, 0.1) is 11.3 Å². The number of unbranched alkanes of at least 4 members (excludes halogenated alkanes) is 2. The van der Waals surface area contributed by atoms with E-state index in [-0.39, 0.29) is 17.2 Å². The van der Waals surface area contributed by atoms with Crippen LogP contribution in [0.1, 0.15) is 84.6 Å². The van der Waals surface area contributed by atoms with Crippen molar-refractivity contribution in [3.8, 4) is 11.5 Å². The standard InChI is InChI=1S/C28H39NO5/c1-7-9-10-14-34-27(31)24-18(3)29-20-16-28(4,5)17-21(30)26(20)25(24)19-11-12-22(33-13-8-2)23(15-19)32-6/h11-12,15,24-25H,7-10,13-14,16-17H2,1-6H3/t24?,25-/m1/s1. The maximum Gasteiger partial charge on any atom is 0.315 e. The van der Waals surface area contributed by atoms with Crippen LogP contribution in [0.25, 0.3) is 0 Å². The molecule has 0 spiro atoms. The summed E-state index contributed by atoms with van der Waals surface area (Å²) in [5.41, 5.74) is 2.81. The normalized spacial score (nSPS) is 21.6. The van der Waals surface area contributed by atoms with Crippen LogP contribution in [-0.4, -0.2) is 37.8 Å². The van der Waals surface area contributed by atoms with E-state index in [1.807, 2.05) is 32.0 Å². The van der Waals surface area contributed by atoms with Crippen molar-refractivity contribution in [2.45, 2.75) is 79.1 Å². The maximum absolute atomic E-state index is 13.4. The number of carbonyl (C=O) groups excluding carboxylic acids is 2. The van der Waals surface area contributed by atoms with Gasteiger partial charge in [-0.25, -0.2) is 0 Å². The Kier molecular flexibility index (Phi) is 8.56. The van der Waals surface area contributed by atoms with E-state index in [0.717, 1.165) is 36.9 Å². The molecule has 1 unspecified atom stereocenters. The largest absolute Gasteiger partial charge is 0.493 e. The Morgan fingerprint density at radius 3 is 2.53 bits per heavy atom. The fourth-order valence-corrected chi connectivity index (χ4v) is 4.93. The number of aliphatic imine (C=N–C) groups is 1. The average molecular weight is 470 g/mol. The number of rotatable bonds is 10. The molecule has 0 aromatic heterocycles.